The van der Waals surface area contributed by atoms with E-state index in [1.807, 2.05) is 7.05 Å². The third kappa shape index (κ3) is 4.87. The number of halogens is 3. The third-order valence-corrected chi connectivity index (χ3v) is 3.60. The van der Waals surface area contributed by atoms with E-state index < -0.39 is 17.6 Å². The van der Waals surface area contributed by atoms with Crippen LogP contribution in [0.4, 0.5) is 14.5 Å². The Morgan fingerprint density at radius 3 is 2.74 bits per heavy atom. The van der Waals surface area contributed by atoms with E-state index in [1.165, 1.54) is 11.0 Å². The second-order valence-electron chi connectivity index (χ2n) is 5.25. The Kier molecular flexibility index (Phi) is 7.38. The minimum Gasteiger partial charge on any atom is -0.356 e. The molecule has 1 fully saturated rings. The van der Waals surface area contributed by atoms with Gasteiger partial charge in [0.25, 0.3) is 0 Å². The maximum atomic E-state index is 13.7. The molecule has 128 valence electrons. The highest BCUT2D eigenvalue weighted by molar-refractivity contribution is 6.00. The van der Waals surface area contributed by atoms with Gasteiger partial charge in [0.2, 0.25) is 11.8 Å². The minimum absolute atomic E-state index is 0. The summed E-state index contributed by atoms with van der Waals surface area (Å²) in [6, 6.07) is 3.04. The Morgan fingerprint density at radius 2 is 2.09 bits per heavy atom. The number of nitrogens with zero attached hydrogens (tertiary/aromatic N) is 1. The summed E-state index contributed by atoms with van der Waals surface area (Å²) in [6.45, 7) is 1.42. The molecule has 1 aromatic carbocycles. The first-order valence-electron chi connectivity index (χ1n) is 7.20. The van der Waals surface area contributed by atoms with Gasteiger partial charge < -0.3 is 15.5 Å². The number of amides is 2. The number of carbonyl (C=O) groups is 2. The minimum atomic E-state index is -0.802. The lowest BCUT2D eigenvalue weighted by Gasteiger charge is -2.17. The first kappa shape index (κ1) is 19.3. The van der Waals surface area contributed by atoms with E-state index in [0.29, 0.717) is 6.54 Å². The van der Waals surface area contributed by atoms with Gasteiger partial charge in [-0.2, -0.15) is 0 Å². The maximum absolute atomic E-state index is 13.7. The second kappa shape index (κ2) is 8.79. The zero-order chi connectivity index (χ0) is 16.1. The molecule has 1 aliphatic heterocycles. The van der Waals surface area contributed by atoms with Crippen molar-refractivity contribution in [3.05, 3.63) is 29.8 Å². The second-order valence-corrected chi connectivity index (χ2v) is 5.25. The fourth-order valence-electron chi connectivity index (χ4n) is 2.44. The van der Waals surface area contributed by atoms with Gasteiger partial charge in [0.05, 0.1) is 11.6 Å². The van der Waals surface area contributed by atoms with Crippen molar-refractivity contribution >= 4 is 29.9 Å². The first-order chi connectivity index (χ1) is 10.5. The van der Waals surface area contributed by atoms with Crippen LogP contribution in [0.25, 0.3) is 0 Å². The van der Waals surface area contributed by atoms with Crippen LogP contribution < -0.4 is 15.5 Å². The van der Waals surface area contributed by atoms with Gasteiger partial charge in [-0.25, -0.2) is 8.78 Å². The van der Waals surface area contributed by atoms with E-state index in [9.17, 15) is 18.4 Å². The topological polar surface area (TPSA) is 61.4 Å². The van der Waals surface area contributed by atoms with Crippen LogP contribution in [0.5, 0.6) is 0 Å². The predicted molar refractivity (Wildman–Crippen MR) is 85.6 cm³/mol. The van der Waals surface area contributed by atoms with Crippen molar-refractivity contribution in [2.75, 3.05) is 31.6 Å². The number of benzene rings is 1. The van der Waals surface area contributed by atoms with Gasteiger partial charge in [0.1, 0.15) is 11.6 Å². The molecule has 8 heteroatoms. The van der Waals surface area contributed by atoms with Crippen LogP contribution >= 0.6 is 12.4 Å². The van der Waals surface area contributed by atoms with Crippen molar-refractivity contribution in [2.45, 2.75) is 12.8 Å². The summed E-state index contributed by atoms with van der Waals surface area (Å²) < 4.78 is 26.7. The van der Waals surface area contributed by atoms with Crippen LogP contribution in [0, 0.1) is 17.6 Å². The smallest absolute Gasteiger partial charge is 0.227 e. The van der Waals surface area contributed by atoms with E-state index >= 15 is 0 Å². The normalized spacial score (nSPS) is 17.1. The molecule has 5 nitrogen and oxygen atoms in total. The van der Waals surface area contributed by atoms with Gasteiger partial charge in [-0.1, -0.05) is 0 Å². The molecule has 0 saturated carbocycles. The van der Waals surface area contributed by atoms with Gasteiger partial charge in [-0.3, -0.25) is 9.59 Å². The van der Waals surface area contributed by atoms with Crippen LogP contribution in [0.2, 0.25) is 0 Å². The van der Waals surface area contributed by atoms with Crippen molar-refractivity contribution in [3.63, 3.8) is 0 Å². The average Bonchev–Trinajstić information content (AvgIpc) is 2.85. The van der Waals surface area contributed by atoms with Crippen molar-refractivity contribution in [2.24, 2.45) is 5.92 Å². The maximum Gasteiger partial charge on any atom is 0.227 e. The molecule has 0 bridgehead atoms. The largest absolute Gasteiger partial charge is 0.356 e. The number of hydrogen-bond acceptors (Lipinski definition) is 3. The molecule has 2 amide bonds. The Labute approximate surface area is 139 Å². The molecule has 1 heterocycles. The summed E-state index contributed by atoms with van der Waals surface area (Å²) in [6.07, 6.45) is 0.827. The number of rotatable bonds is 6. The lowest BCUT2D eigenvalue weighted by Crippen LogP contribution is -2.34. The highest BCUT2D eigenvalue weighted by atomic mass is 35.5. The van der Waals surface area contributed by atoms with Gasteiger partial charge in [0, 0.05) is 25.6 Å². The quantitative estimate of drug-likeness (QED) is 0.766. The van der Waals surface area contributed by atoms with Crippen LogP contribution in [-0.2, 0) is 9.59 Å². The summed E-state index contributed by atoms with van der Waals surface area (Å²) in [4.78, 5) is 25.2. The molecule has 2 rings (SSSR count). The van der Waals surface area contributed by atoms with E-state index in [4.69, 9.17) is 0 Å². The summed E-state index contributed by atoms with van der Waals surface area (Å²) in [5.41, 5.74) is 0.0110. The van der Waals surface area contributed by atoms with Crippen molar-refractivity contribution in [1.29, 1.82) is 0 Å². The third-order valence-electron chi connectivity index (χ3n) is 3.60. The fraction of sp³-hybridized carbons (Fsp3) is 0.467. The van der Waals surface area contributed by atoms with Gasteiger partial charge in [-0.15, -0.1) is 12.4 Å². The van der Waals surface area contributed by atoms with Gasteiger partial charge in [0.15, 0.2) is 0 Å². The zero-order valence-electron chi connectivity index (χ0n) is 12.8. The molecular weight excluding hydrogens is 328 g/mol. The standard InChI is InChI=1S/C15H19F2N3O2.ClH/c1-18-5-2-6-19-15(22)10-7-14(21)20(9-10)13-4-3-11(16)8-12(13)17;/h3-4,8,10,18H,2,5-7,9H2,1H3,(H,19,22);1H. The molecule has 0 spiro atoms. The molecule has 0 aromatic heterocycles. The highest BCUT2D eigenvalue weighted by Crippen LogP contribution is 2.27. The van der Waals surface area contributed by atoms with Crippen LogP contribution in [0.3, 0.4) is 0 Å². The molecule has 1 unspecified atom stereocenters. The number of nitrogens with one attached hydrogen (secondary N) is 2. The monoisotopic (exact) mass is 347 g/mol. The van der Waals surface area contributed by atoms with Crippen LogP contribution in [-0.4, -0.2) is 38.5 Å². The fourth-order valence-corrected chi connectivity index (χ4v) is 2.44. The lowest BCUT2D eigenvalue weighted by molar-refractivity contribution is -0.126. The molecule has 1 aliphatic rings. The summed E-state index contributed by atoms with van der Waals surface area (Å²) in [5, 5.41) is 5.74. The van der Waals surface area contributed by atoms with E-state index in [1.54, 1.807) is 0 Å². The Hall–Kier alpha value is -1.73. The molecule has 2 N–H and O–H groups in total. The molecule has 1 atom stereocenters. The van der Waals surface area contributed by atoms with Gasteiger partial charge in [-0.05, 0) is 32.1 Å². The van der Waals surface area contributed by atoms with Crippen molar-refractivity contribution < 1.29 is 18.4 Å². The number of hydrogen-bond donors (Lipinski definition) is 2. The zero-order valence-corrected chi connectivity index (χ0v) is 13.6. The predicted octanol–water partition coefficient (Wildman–Crippen LogP) is 1.47. The molecule has 23 heavy (non-hydrogen) atoms. The van der Waals surface area contributed by atoms with E-state index in [0.717, 1.165) is 25.1 Å². The molecule has 0 radical (unpaired) electrons. The molecular formula is C15H20ClF2N3O2. The summed E-state index contributed by atoms with van der Waals surface area (Å²) >= 11 is 0. The van der Waals surface area contributed by atoms with Gasteiger partial charge >= 0.3 is 0 Å². The first-order valence-corrected chi connectivity index (χ1v) is 7.20. The van der Waals surface area contributed by atoms with E-state index in [2.05, 4.69) is 10.6 Å². The van der Waals surface area contributed by atoms with Crippen molar-refractivity contribution in [3.8, 4) is 0 Å². The number of anilines is 1. The van der Waals surface area contributed by atoms with E-state index in [-0.39, 0.29) is 42.9 Å². The Morgan fingerprint density at radius 1 is 1.35 bits per heavy atom. The Bertz CT molecular complexity index is 572. The molecule has 0 aliphatic carbocycles. The summed E-state index contributed by atoms with van der Waals surface area (Å²) in [7, 11) is 1.83. The van der Waals surface area contributed by atoms with Crippen molar-refractivity contribution in [1.82, 2.24) is 10.6 Å². The molecule has 1 aromatic rings. The SMILES string of the molecule is CNCCCNC(=O)C1CC(=O)N(c2ccc(F)cc2F)C1.Cl. The average molecular weight is 348 g/mol. The number of carbonyl (C=O) groups excluding carboxylic acids is 2. The van der Waals surface area contributed by atoms with Crippen LogP contribution in [0.1, 0.15) is 12.8 Å². The summed E-state index contributed by atoms with van der Waals surface area (Å²) in [5.74, 6) is -2.56. The lowest BCUT2D eigenvalue weighted by atomic mass is 10.1. The van der Waals surface area contributed by atoms with Crippen LogP contribution in [0.15, 0.2) is 18.2 Å². The molecule has 1 saturated heterocycles. The highest BCUT2D eigenvalue weighted by Gasteiger charge is 2.36. The Balaban J connectivity index is 0.00000264.